The van der Waals surface area contributed by atoms with Crippen molar-refractivity contribution in [3.05, 3.63) is 18.6 Å². The number of nitrogens with one attached hydrogen (secondary N) is 2. The van der Waals surface area contributed by atoms with E-state index in [1.165, 1.54) is 25.7 Å². The van der Waals surface area contributed by atoms with Crippen LogP contribution in [-0.2, 0) is 0 Å². The summed E-state index contributed by atoms with van der Waals surface area (Å²) in [5.41, 5.74) is 3.54. The first-order valence-corrected chi connectivity index (χ1v) is 6.29. The molecule has 2 heterocycles. The van der Waals surface area contributed by atoms with Crippen LogP contribution < -0.4 is 16.6 Å². The van der Waals surface area contributed by atoms with Gasteiger partial charge in [0.2, 0.25) is 0 Å². The largest absolute Gasteiger partial charge is 0.362 e. The van der Waals surface area contributed by atoms with E-state index in [2.05, 4.69) is 27.6 Å². The number of rotatable bonds is 3. The smallest absolute Gasteiger partial charge is 0.180 e. The Balaban J connectivity index is 2.01. The van der Waals surface area contributed by atoms with E-state index in [1.807, 2.05) is 16.8 Å². The number of nitrogen functional groups attached to an aromatic ring is 1. The first-order chi connectivity index (χ1) is 8.70. The average Bonchev–Trinajstić information content (AvgIpc) is 2.97. The Morgan fingerprint density at radius 3 is 2.89 bits per heavy atom. The van der Waals surface area contributed by atoms with Gasteiger partial charge in [-0.3, -0.25) is 0 Å². The summed E-state index contributed by atoms with van der Waals surface area (Å²) in [6, 6.07) is 0. The van der Waals surface area contributed by atoms with Crippen LogP contribution in [0, 0.1) is 0 Å². The van der Waals surface area contributed by atoms with E-state index in [0.29, 0.717) is 5.82 Å². The lowest BCUT2D eigenvalue weighted by atomic mass is 10.0. The minimum atomic E-state index is 0.118. The van der Waals surface area contributed by atoms with Gasteiger partial charge >= 0.3 is 0 Å². The molecule has 0 bridgehead atoms. The molecule has 1 aliphatic carbocycles. The molecule has 0 atom stereocenters. The molecule has 6 nitrogen and oxygen atoms in total. The third-order valence-electron chi connectivity index (χ3n) is 3.65. The quantitative estimate of drug-likeness (QED) is 0.568. The van der Waals surface area contributed by atoms with Crippen molar-refractivity contribution in [3.63, 3.8) is 0 Å². The molecular weight excluding hydrogens is 228 g/mol. The topological polar surface area (TPSA) is 80.3 Å². The van der Waals surface area contributed by atoms with E-state index in [4.69, 9.17) is 5.84 Å². The molecule has 18 heavy (non-hydrogen) atoms. The first kappa shape index (κ1) is 11.3. The summed E-state index contributed by atoms with van der Waals surface area (Å²) in [7, 11) is 0. The Kier molecular flexibility index (Phi) is 2.59. The number of hydrazine groups is 1. The molecular formula is C12H18N6. The molecule has 0 aromatic carbocycles. The molecule has 0 saturated heterocycles. The van der Waals surface area contributed by atoms with Crippen LogP contribution in [0.1, 0.15) is 32.6 Å². The summed E-state index contributed by atoms with van der Waals surface area (Å²) in [6.45, 7) is 2.24. The van der Waals surface area contributed by atoms with Gasteiger partial charge in [-0.25, -0.2) is 15.8 Å². The number of imidazole rings is 1. The van der Waals surface area contributed by atoms with E-state index in [9.17, 15) is 0 Å². The Morgan fingerprint density at radius 2 is 2.17 bits per heavy atom. The fourth-order valence-electron chi connectivity index (χ4n) is 2.65. The summed E-state index contributed by atoms with van der Waals surface area (Å²) in [5.74, 6) is 6.87. The van der Waals surface area contributed by atoms with Crippen LogP contribution in [-0.4, -0.2) is 19.9 Å². The normalized spacial score (nSPS) is 18.1. The molecule has 0 spiro atoms. The predicted octanol–water partition coefficient (Wildman–Crippen LogP) is 1.76. The second kappa shape index (κ2) is 4.13. The van der Waals surface area contributed by atoms with Gasteiger partial charge in [0.1, 0.15) is 0 Å². The third-order valence-corrected chi connectivity index (χ3v) is 3.65. The highest BCUT2D eigenvalue weighted by Crippen LogP contribution is 2.33. The van der Waals surface area contributed by atoms with E-state index >= 15 is 0 Å². The summed E-state index contributed by atoms with van der Waals surface area (Å²) >= 11 is 0. The summed E-state index contributed by atoms with van der Waals surface area (Å²) in [4.78, 5) is 8.81. The Labute approximate surface area is 106 Å². The Morgan fingerprint density at radius 1 is 1.39 bits per heavy atom. The van der Waals surface area contributed by atoms with Gasteiger partial charge in [-0.1, -0.05) is 12.8 Å². The molecule has 0 radical (unpaired) electrons. The third kappa shape index (κ3) is 1.88. The molecule has 1 fully saturated rings. The molecule has 96 valence electrons. The highest BCUT2D eigenvalue weighted by molar-refractivity contribution is 5.66. The highest BCUT2D eigenvalue weighted by Gasteiger charge is 2.29. The maximum Gasteiger partial charge on any atom is 0.180 e. The second-order valence-corrected chi connectivity index (χ2v) is 5.17. The summed E-state index contributed by atoms with van der Waals surface area (Å²) in [5, 5.41) is 3.53. The summed E-state index contributed by atoms with van der Waals surface area (Å²) in [6.07, 6.45) is 10.3. The van der Waals surface area contributed by atoms with E-state index in [-0.39, 0.29) is 5.54 Å². The minimum absolute atomic E-state index is 0.118. The zero-order valence-corrected chi connectivity index (χ0v) is 10.5. The van der Waals surface area contributed by atoms with Gasteiger partial charge < -0.3 is 15.1 Å². The van der Waals surface area contributed by atoms with E-state index < -0.39 is 0 Å². The fourth-order valence-corrected chi connectivity index (χ4v) is 2.65. The van der Waals surface area contributed by atoms with Crippen molar-refractivity contribution in [1.82, 2.24) is 14.4 Å². The van der Waals surface area contributed by atoms with Crippen LogP contribution in [0.4, 0.5) is 11.6 Å². The average molecular weight is 246 g/mol. The number of fused-ring (bicyclic) bond motifs is 1. The van der Waals surface area contributed by atoms with Crippen molar-refractivity contribution in [1.29, 1.82) is 0 Å². The Bertz CT molecular complexity index is 555. The number of aromatic nitrogens is 3. The number of anilines is 2. The first-order valence-electron chi connectivity index (χ1n) is 6.29. The lowest BCUT2D eigenvalue weighted by Gasteiger charge is -2.26. The molecule has 1 aliphatic rings. The van der Waals surface area contributed by atoms with Crippen LogP contribution >= 0.6 is 0 Å². The molecule has 2 aromatic rings. The van der Waals surface area contributed by atoms with Gasteiger partial charge in [-0.05, 0) is 19.8 Å². The van der Waals surface area contributed by atoms with Crippen LogP contribution in [0.2, 0.25) is 0 Å². The predicted molar refractivity (Wildman–Crippen MR) is 71.3 cm³/mol. The Hall–Kier alpha value is -1.82. The lowest BCUT2D eigenvalue weighted by Crippen LogP contribution is -2.31. The molecule has 0 unspecified atom stereocenters. The van der Waals surface area contributed by atoms with Gasteiger partial charge in [-0.15, -0.1) is 0 Å². The molecule has 6 heteroatoms. The molecule has 0 aliphatic heterocycles. The monoisotopic (exact) mass is 246 g/mol. The standard InChI is InChI=1S/C12H18N6/c1-12(4-2-3-5-12)16-10-11-14-6-7-18(11)8-9(15-10)17-13/h6-8,17H,2-5,13H2,1H3,(H,15,16). The highest BCUT2D eigenvalue weighted by atomic mass is 15.3. The van der Waals surface area contributed by atoms with Crippen molar-refractivity contribution in [2.45, 2.75) is 38.1 Å². The molecule has 0 amide bonds. The van der Waals surface area contributed by atoms with E-state index in [1.54, 1.807) is 6.20 Å². The maximum absolute atomic E-state index is 5.45. The number of nitrogens with zero attached hydrogens (tertiary/aromatic N) is 3. The molecule has 1 saturated carbocycles. The van der Waals surface area contributed by atoms with Crippen LogP contribution in [0.25, 0.3) is 5.65 Å². The maximum atomic E-state index is 5.45. The van der Waals surface area contributed by atoms with Crippen LogP contribution in [0.3, 0.4) is 0 Å². The number of hydrogen-bond acceptors (Lipinski definition) is 5. The van der Waals surface area contributed by atoms with Gasteiger partial charge in [0.05, 0.1) is 6.20 Å². The number of nitrogens with two attached hydrogens (primary N) is 1. The fraction of sp³-hybridized carbons (Fsp3) is 0.500. The van der Waals surface area contributed by atoms with Crippen LogP contribution in [0.15, 0.2) is 18.6 Å². The van der Waals surface area contributed by atoms with Gasteiger partial charge in [0, 0.05) is 17.9 Å². The molecule has 4 N–H and O–H groups in total. The zero-order chi connectivity index (χ0) is 12.6. The van der Waals surface area contributed by atoms with Gasteiger partial charge in [-0.2, -0.15) is 0 Å². The molecule has 3 rings (SSSR count). The SMILES string of the molecule is CC1(Nc2nc(NN)cn3ccnc23)CCCC1. The second-order valence-electron chi connectivity index (χ2n) is 5.17. The van der Waals surface area contributed by atoms with Crippen molar-refractivity contribution in [3.8, 4) is 0 Å². The van der Waals surface area contributed by atoms with Gasteiger partial charge in [0.15, 0.2) is 17.3 Å². The van der Waals surface area contributed by atoms with E-state index in [0.717, 1.165) is 11.5 Å². The van der Waals surface area contributed by atoms with Crippen molar-refractivity contribution >= 4 is 17.3 Å². The van der Waals surface area contributed by atoms with Gasteiger partial charge in [0.25, 0.3) is 0 Å². The number of hydrogen-bond donors (Lipinski definition) is 3. The lowest BCUT2D eigenvalue weighted by molar-refractivity contribution is 0.531. The van der Waals surface area contributed by atoms with Crippen molar-refractivity contribution < 1.29 is 0 Å². The zero-order valence-electron chi connectivity index (χ0n) is 10.5. The van der Waals surface area contributed by atoms with Crippen LogP contribution in [0.5, 0.6) is 0 Å². The molecule has 2 aromatic heterocycles. The van der Waals surface area contributed by atoms with Crippen molar-refractivity contribution in [2.24, 2.45) is 5.84 Å². The summed E-state index contributed by atoms with van der Waals surface area (Å²) < 4.78 is 1.92. The minimum Gasteiger partial charge on any atom is -0.362 e. The van der Waals surface area contributed by atoms with Crippen molar-refractivity contribution in [2.75, 3.05) is 10.7 Å².